The van der Waals surface area contributed by atoms with Crippen molar-refractivity contribution >= 4 is 22.6 Å². The summed E-state index contributed by atoms with van der Waals surface area (Å²) in [6, 6.07) is 2.87. The van der Waals surface area contributed by atoms with Gasteiger partial charge in [0.25, 0.3) is 0 Å². The second-order valence-electron chi connectivity index (χ2n) is 6.97. The highest BCUT2D eigenvalue weighted by Crippen LogP contribution is 2.26. The van der Waals surface area contributed by atoms with E-state index >= 15 is 0 Å². The maximum Gasteiger partial charge on any atom is 0.341 e. The Bertz CT molecular complexity index is 901. The average molecular weight is 375 g/mol. The molecule has 3 rings (SSSR count). The van der Waals surface area contributed by atoms with Gasteiger partial charge in [-0.25, -0.2) is 9.18 Å². The number of aromatic carboxylic acids is 1. The van der Waals surface area contributed by atoms with Crippen LogP contribution in [0.25, 0.3) is 10.9 Å². The Hall–Kier alpha value is -2.41. The van der Waals surface area contributed by atoms with Crippen LogP contribution in [0.15, 0.2) is 23.1 Å². The molecule has 1 saturated heterocycles. The van der Waals surface area contributed by atoms with Gasteiger partial charge in [-0.1, -0.05) is 13.3 Å². The van der Waals surface area contributed by atoms with E-state index in [2.05, 4.69) is 11.8 Å². The molecular weight excluding hydrogens is 349 g/mol. The normalized spacial score (nSPS) is 15.4. The van der Waals surface area contributed by atoms with Gasteiger partial charge in [0.1, 0.15) is 11.4 Å². The van der Waals surface area contributed by atoms with Gasteiger partial charge in [-0.3, -0.25) is 9.69 Å². The van der Waals surface area contributed by atoms with Gasteiger partial charge >= 0.3 is 5.97 Å². The molecule has 1 aliphatic rings. The second-order valence-corrected chi connectivity index (χ2v) is 6.97. The lowest BCUT2D eigenvalue weighted by Crippen LogP contribution is -2.46. The highest BCUT2D eigenvalue weighted by atomic mass is 19.1. The van der Waals surface area contributed by atoms with E-state index in [9.17, 15) is 19.1 Å². The molecule has 2 aromatic rings. The highest BCUT2D eigenvalue weighted by Gasteiger charge is 2.22. The maximum atomic E-state index is 14.8. The van der Waals surface area contributed by atoms with Gasteiger partial charge in [-0.15, -0.1) is 0 Å². The molecule has 0 unspecified atom stereocenters. The molecule has 0 amide bonds. The summed E-state index contributed by atoms with van der Waals surface area (Å²) in [5.41, 5.74) is 0.0673. The van der Waals surface area contributed by atoms with Crippen LogP contribution >= 0.6 is 0 Å². The summed E-state index contributed by atoms with van der Waals surface area (Å²) in [4.78, 5) is 28.2. The molecule has 27 heavy (non-hydrogen) atoms. The number of carboxylic acids is 1. The predicted molar refractivity (Wildman–Crippen MR) is 104 cm³/mol. The third-order valence-corrected chi connectivity index (χ3v) is 5.26. The molecule has 6 nitrogen and oxygen atoms in total. The average Bonchev–Trinajstić information content (AvgIpc) is 2.67. The molecule has 0 aliphatic carbocycles. The van der Waals surface area contributed by atoms with E-state index in [1.165, 1.54) is 18.7 Å². The number of carbonyl (C=O) groups is 1. The number of piperazine rings is 1. The monoisotopic (exact) mass is 375 g/mol. The van der Waals surface area contributed by atoms with Crippen molar-refractivity contribution in [1.82, 2.24) is 9.47 Å². The van der Waals surface area contributed by atoms with Gasteiger partial charge in [0.2, 0.25) is 5.43 Å². The van der Waals surface area contributed by atoms with Crippen LogP contribution in [0.1, 0.15) is 37.0 Å². The van der Waals surface area contributed by atoms with Crippen molar-refractivity contribution in [3.63, 3.8) is 0 Å². The van der Waals surface area contributed by atoms with E-state index < -0.39 is 17.2 Å². The molecule has 146 valence electrons. The number of hydrogen-bond acceptors (Lipinski definition) is 4. The van der Waals surface area contributed by atoms with E-state index in [1.54, 1.807) is 10.6 Å². The number of aromatic nitrogens is 1. The zero-order chi connectivity index (χ0) is 19.6. The van der Waals surface area contributed by atoms with Gasteiger partial charge in [-0.05, 0) is 32.0 Å². The number of halogens is 1. The molecule has 1 aromatic heterocycles. The first-order chi connectivity index (χ1) is 13.0. The lowest BCUT2D eigenvalue weighted by Gasteiger charge is -2.36. The number of aryl methyl sites for hydroxylation is 1. The minimum atomic E-state index is -1.29. The Morgan fingerprint density at radius 1 is 1.19 bits per heavy atom. The summed E-state index contributed by atoms with van der Waals surface area (Å²) in [7, 11) is 0. The number of anilines is 1. The number of nitrogens with zero attached hydrogens (tertiary/aromatic N) is 3. The quantitative estimate of drug-likeness (QED) is 0.841. The molecule has 1 aliphatic heterocycles. The summed E-state index contributed by atoms with van der Waals surface area (Å²) in [6.07, 6.45) is 3.67. The first-order valence-corrected chi connectivity index (χ1v) is 9.53. The van der Waals surface area contributed by atoms with Crippen LogP contribution in [0.4, 0.5) is 10.1 Å². The van der Waals surface area contributed by atoms with E-state index in [4.69, 9.17) is 0 Å². The van der Waals surface area contributed by atoms with Gasteiger partial charge in [0.15, 0.2) is 0 Å². The van der Waals surface area contributed by atoms with Crippen molar-refractivity contribution < 1.29 is 14.3 Å². The summed E-state index contributed by atoms with van der Waals surface area (Å²) in [5, 5.41) is 9.35. The zero-order valence-corrected chi connectivity index (χ0v) is 15.9. The van der Waals surface area contributed by atoms with Crippen LogP contribution in [0, 0.1) is 5.82 Å². The van der Waals surface area contributed by atoms with E-state index in [1.807, 2.05) is 11.8 Å². The molecule has 1 N–H and O–H groups in total. The van der Waals surface area contributed by atoms with Crippen LogP contribution in [0.3, 0.4) is 0 Å². The Morgan fingerprint density at radius 2 is 1.89 bits per heavy atom. The van der Waals surface area contributed by atoms with Crippen LogP contribution < -0.4 is 10.3 Å². The molecule has 1 aromatic carbocycles. The molecule has 0 radical (unpaired) electrons. The number of unbranched alkanes of at least 4 members (excludes halogenated alkanes) is 1. The predicted octanol–water partition coefficient (Wildman–Crippen LogP) is 2.78. The van der Waals surface area contributed by atoms with Crippen molar-refractivity contribution in [2.24, 2.45) is 0 Å². The smallest absolute Gasteiger partial charge is 0.341 e. The second kappa shape index (κ2) is 8.08. The summed E-state index contributed by atoms with van der Waals surface area (Å²) >= 11 is 0. The molecular formula is C20H26FN3O3. The van der Waals surface area contributed by atoms with Crippen LogP contribution in [-0.2, 0) is 6.54 Å². The fraction of sp³-hybridized carbons (Fsp3) is 0.500. The van der Waals surface area contributed by atoms with E-state index in [0.717, 1.165) is 39.1 Å². The van der Waals surface area contributed by atoms with Crippen LogP contribution in [-0.4, -0.2) is 53.3 Å². The van der Waals surface area contributed by atoms with Crippen molar-refractivity contribution in [2.75, 3.05) is 37.6 Å². The lowest BCUT2D eigenvalue weighted by atomic mass is 10.1. The van der Waals surface area contributed by atoms with Gasteiger partial charge in [0.05, 0.1) is 11.2 Å². The van der Waals surface area contributed by atoms with E-state index in [0.29, 0.717) is 17.7 Å². The molecule has 2 heterocycles. The topological polar surface area (TPSA) is 65.8 Å². The first kappa shape index (κ1) is 19.4. The summed E-state index contributed by atoms with van der Waals surface area (Å²) in [5.74, 6) is -1.77. The lowest BCUT2D eigenvalue weighted by molar-refractivity contribution is 0.0695. The minimum Gasteiger partial charge on any atom is -0.477 e. The number of rotatable bonds is 6. The number of benzene rings is 1. The number of pyridine rings is 1. The SMILES string of the molecule is CCCCN1CCN(c2cc3c(cc2F)c(=O)c(C(=O)O)cn3CC)CC1. The van der Waals surface area contributed by atoms with Crippen molar-refractivity contribution in [1.29, 1.82) is 0 Å². The van der Waals surface area contributed by atoms with Crippen molar-refractivity contribution in [3.05, 3.63) is 39.9 Å². The minimum absolute atomic E-state index is 0.111. The van der Waals surface area contributed by atoms with E-state index in [-0.39, 0.29) is 10.9 Å². The molecule has 0 spiro atoms. The van der Waals surface area contributed by atoms with Gasteiger partial charge in [0, 0.05) is 44.3 Å². The van der Waals surface area contributed by atoms with Gasteiger partial charge in [-0.2, -0.15) is 0 Å². The zero-order valence-electron chi connectivity index (χ0n) is 15.9. The Kier molecular flexibility index (Phi) is 5.79. The highest BCUT2D eigenvalue weighted by molar-refractivity contribution is 5.93. The molecule has 0 bridgehead atoms. The van der Waals surface area contributed by atoms with Crippen molar-refractivity contribution in [2.45, 2.75) is 33.2 Å². The summed E-state index contributed by atoms with van der Waals surface area (Å²) < 4.78 is 16.5. The standard InChI is InChI=1S/C20H26FN3O3/c1-3-5-6-22-7-9-24(10-8-22)18-12-17-14(11-16(18)21)19(25)15(20(26)27)13-23(17)4-2/h11-13H,3-10H2,1-2H3,(H,26,27). The summed E-state index contributed by atoms with van der Waals surface area (Å²) in [6.45, 7) is 8.83. The molecule has 1 fully saturated rings. The van der Waals surface area contributed by atoms with Crippen LogP contribution in [0.5, 0.6) is 0 Å². The molecule has 0 atom stereocenters. The number of fused-ring (bicyclic) bond motifs is 1. The number of carboxylic acid groups (broad SMARTS) is 1. The molecule has 0 saturated carbocycles. The first-order valence-electron chi connectivity index (χ1n) is 9.53. The maximum absolute atomic E-state index is 14.8. The van der Waals surface area contributed by atoms with Crippen molar-refractivity contribution in [3.8, 4) is 0 Å². The molecule has 7 heteroatoms. The largest absolute Gasteiger partial charge is 0.477 e. The van der Waals surface area contributed by atoms with Crippen LogP contribution in [0.2, 0.25) is 0 Å². The fourth-order valence-corrected chi connectivity index (χ4v) is 3.65. The Balaban J connectivity index is 1.97. The Morgan fingerprint density at radius 3 is 2.48 bits per heavy atom. The third kappa shape index (κ3) is 3.83. The Labute approximate surface area is 157 Å². The van der Waals surface area contributed by atoms with Gasteiger partial charge < -0.3 is 14.6 Å². The fourth-order valence-electron chi connectivity index (χ4n) is 3.65. The number of hydrogen-bond donors (Lipinski definition) is 1. The third-order valence-electron chi connectivity index (χ3n) is 5.26.